The van der Waals surface area contributed by atoms with Crippen molar-refractivity contribution in [3.05, 3.63) is 47.5 Å². The van der Waals surface area contributed by atoms with Gasteiger partial charge in [-0.3, -0.25) is 4.79 Å². The number of pyridine rings is 1. The van der Waals surface area contributed by atoms with Crippen LogP contribution in [0.2, 0.25) is 5.28 Å². The van der Waals surface area contributed by atoms with Gasteiger partial charge in [0.15, 0.2) is 17.3 Å². The van der Waals surface area contributed by atoms with E-state index in [-0.39, 0.29) is 17.0 Å². The summed E-state index contributed by atoms with van der Waals surface area (Å²) in [5, 5.41) is 7.06. The highest BCUT2D eigenvalue weighted by Gasteiger charge is 2.55. The number of fused-ring (bicyclic) bond motifs is 2. The molecule has 2 aliphatic rings. The molecular formula is C18H17ClFN7O. The van der Waals surface area contributed by atoms with Gasteiger partial charge in [-0.2, -0.15) is 10.1 Å². The van der Waals surface area contributed by atoms with E-state index in [0.717, 1.165) is 25.7 Å². The van der Waals surface area contributed by atoms with E-state index in [0.29, 0.717) is 35.5 Å². The summed E-state index contributed by atoms with van der Waals surface area (Å²) in [6.07, 6.45) is 5.14. The van der Waals surface area contributed by atoms with Crippen LogP contribution in [0.4, 0.5) is 10.2 Å². The first-order chi connectivity index (χ1) is 13.6. The van der Waals surface area contributed by atoms with Gasteiger partial charge in [-0.25, -0.2) is 18.9 Å². The molecule has 1 amide bonds. The van der Waals surface area contributed by atoms with Crippen molar-refractivity contribution in [3.63, 3.8) is 0 Å². The first-order valence-electron chi connectivity index (χ1n) is 9.11. The maximum atomic E-state index is 13.9. The van der Waals surface area contributed by atoms with Gasteiger partial charge in [-0.15, -0.1) is 0 Å². The Morgan fingerprint density at radius 1 is 1.29 bits per heavy atom. The molecule has 10 heteroatoms. The summed E-state index contributed by atoms with van der Waals surface area (Å²) in [6, 6.07) is 3.50. The van der Waals surface area contributed by atoms with E-state index in [9.17, 15) is 9.18 Å². The molecule has 4 heterocycles. The predicted octanol–water partition coefficient (Wildman–Crippen LogP) is 1.81. The monoisotopic (exact) mass is 401 g/mol. The standard InChI is InChI=1S/C18H17ClFN7O/c19-18-22-5-14(20)16(25-18)26-7-12-11(13(12)8-26)3-4-21-17(28)10-1-2-15-23-9-24-27(15)6-10/h1-2,5-6,9,11-13H,3-4,7-8H2,(H,21,28)/t11?,12-,13+. The number of carbonyl (C=O) groups is 1. The van der Waals surface area contributed by atoms with Crippen LogP contribution in [0.1, 0.15) is 16.8 Å². The van der Waals surface area contributed by atoms with Gasteiger partial charge in [0.1, 0.15) is 6.33 Å². The number of nitrogens with one attached hydrogen (secondary N) is 1. The number of aromatic nitrogens is 5. The maximum absolute atomic E-state index is 13.9. The number of anilines is 1. The Hall–Kier alpha value is -2.81. The molecule has 1 aliphatic heterocycles. The molecule has 28 heavy (non-hydrogen) atoms. The van der Waals surface area contributed by atoms with Crippen LogP contribution in [0.3, 0.4) is 0 Å². The van der Waals surface area contributed by atoms with E-state index < -0.39 is 5.82 Å². The molecule has 1 N–H and O–H groups in total. The first-order valence-corrected chi connectivity index (χ1v) is 9.48. The fourth-order valence-corrected chi connectivity index (χ4v) is 4.34. The third kappa shape index (κ3) is 3.05. The molecule has 3 aromatic heterocycles. The zero-order valence-electron chi connectivity index (χ0n) is 14.8. The van der Waals surface area contributed by atoms with Gasteiger partial charge in [-0.05, 0) is 47.9 Å². The van der Waals surface area contributed by atoms with Gasteiger partial charge < -0.3 is 10.2 Å². The Labute approximate surface area is 164 Å². The van der Waals surface area contributed by atoms with Gasteiger partial charge >= 0.3 is 0 Å². The van der Waals surface area contributed by atoms with Crippen molar-refractivity contribution in [3.8, 4) is 0 Å². The number of rotatable bonds is 5. The summed E-state index contributed by atoms with van der Waals surface area (Å²) >= 11 is 5.78. The molecule has 8 nitrogen and oxygen atoms in total. The summed E-state index contributed by atoms with van der Waals surface area (Å²) < 4.78 is 15.5. The molecule has 5 rings (SSSR count). The third-order valence-corrected chi connectivity index (χ3v) is 5.85. The lowest BCUT2D eigenvalue weighted by atomic mass is 10.2. The molecule has 1 saturated carbocycles. The average Bonchev–Trinajstić information content (AvgIpc) is 3.08. The molecule has 144 valence electrons. The van der Waals surface area contributed by atoms with Crippen molar-refractivity contribution in [1.29, 1.82) is 0 Å². The summed E-state index contributed by atoms with van der Waals surface area (Å²) in [5.41, 5.74) is 1.25. The van der Waals surface area contributed by atoms with Crippen LogP contribution < -0.4 is 10.2 Å². The average molecular weight is 402 g/mol. The quantitative estimate of drug-likeness (QED) is 0.656. The Morgan fingerprint density at radius 3 is 2.93 bits per heavy atom. The minimum Gasteiger partial charge on any atom is -0.353 e. The van der Waals surface area contributed by atoms with Crippen molar-refractivity contribution in [2.24, 2.45) is 17.8 Å². The van der Waals surface area contributed by atoms with Crippen LogP contribution in [0.5, 0.6) is 0 Å². The first kappa shape index (κ1) is 17.3. The van der Waals surface area contributed by atoms with Crippen molar-refractivity contribution in [2.75, 3.05) is 24.5 Å². The zero-order valence-corrected chi connectivity index (χ0v) is 15.6. The molecule has 0 bridgehead atoms. The Morgan fingerprint density at radius 2 is 2.11 bits per heavy atom. The number of carbonyl (C=O) groups excluding carboxylic acids is 1. The lowest BCUT2D eigenvalue weighted by Crippen LogP contribution is -2.28. The smallest absolute Gasteiger partial charge is 0.252 e. The van der Waals surface area contributed by atoms with Gasteiger partial charge in [0, 0.05) is 25.8 Å². The van der Waals surface area contributed by atoms with E-state index in [4.69, 9.17) is 11.6 Å². The summed E-state index contributed by atoms with van der Waals surface area (Å²) in [7, 11) is 0. The molecular weight excluding hydrogens is 385 g/mol. The molecule has 0 aromatic carbocycles. The number of piperidine rings is 1. The van der Waals surface area contributed by atoms with Crippen LogP contribution >= 0.6 is 11.6 Å². The molecule has 2 fully saturated rings. The number of hydrogen-bond acceptors (Lipinski definition) is 6. The number of halogens is 2. The maximum Gasteiger partial charge on any atom is 0.252 e. The second-order valence-electron chi connectivity index (χ2n) is 7.23. The Balaban J connectivity index is 1.12. The molecule has 3 atom stereocenters. The minimum atomic E-state index is -0.445. The highest BCUT2D eigenvalue weighted by molar-refractivity contribution is 6.28. The number of nitrogens with zero attached hydrogens (tertiary/aromatic N) is 6. The van der Waals surface area contributed by atoms with Crippen molar-refractivity contribution in [1.82, 2.24) is 29.9 Å². The van der Waals surface area contributed by atoms with E-state index >= 15 is 0 Å². The molecule has 3 aromatic rings. The predicted molar refractivity (Wildman–Crippen MR) is 99.6 cm³/mol. The van der Waals surface area contributed by atoms with Crippen molar-refractivity contribution >= 4 is 29.0 Å². The lowest BCUT2D eigenvalue weighted by molar-refractivity contribution is 0.0951. The highest BCUT2D eigenvalue weighted by atomic mass is 35.5. The third-order valence-electron chi connectivity index (χ3n) is 5.67. The van der Waals surface area contributed by atoms with Crippen molar-refractivity contribution < 1.29 is 9.18 Å². The molecule has 1 saturated heterocycles. The van der Waals surface area contributed by atoms with Crippen LogP contribution in [-0.2, 0) is 0 Å². The second kappa shape index (κ2) is 6.66. The molecule has 1 aliphatic carbocycles. The number of amides is 1. The highest BCUT2D eigenvalue weighted by Crippen LogP contribution is 2.54. The zero-order chi connectivity index (χ0) is 19.3. The molecule has 1 unspecified atom stereocenters. The summed E-state index contributed by atoms with van der Waals surface area (Å²) in [6.45, 7) is 2.13. The Kier molecular flexibility index (Phi) is 4.12. The summed E-state index contributed by atoms with van der Waals surface area (Å²) in [5.74, 6) is 1.28. The second-order valence-corrected chi connectivity index (χ2v) is 7.57. The van der Waals surface area contributed by atoms with Crippen LogP contribution in [0.25, 0.3) is 5.65 Å². The SMILES string of the molecule is O=C(NCCC1[C@H]2CN(c3nc(Cl)ncc3F)C[C@@H]12)c1ccc2ncnn2c1. The van der Waals surface area contributed by atoms with E-state index in [1.165, 1.54) is 6.33 Å². The molecule has 0 spiro atoms. The van der Waals surface area contributed by atoms with Crippen LogP contribution in [0.15, 0.2) is 30.9 Å². The van der Waals surface area contributed by atoms with E-state index in [1.54, 1.807) is 22.8 Å². The van der Waals surface area contributed by atoms with Gasteiger partial charge in [0.25, 0.3) is 5.91 Å². The van der Waals surface area contributed by atoms with Gasteiger partial charge in [0.05, 0.1) is 11.8 Å². The fraction of sp³-hybridized carbons (Fsp3) is 0.389. The lowest BCUT2D eigenvalue weighted by Gasteiger charge is -2.21. The summed E-state index contributed by atoms with van der Waals surface area (Å²) in [4.78, 5) is 26.0. The van der Waals surface area contributed by atoms with Crippen molar-refractivity contribution in [2.45, 2.75) is 6.42 Å². The number of hydrogen-bond donors (Lipinski definition) is 1. The van der Waals surface area contributed by atoms with E-state index in [1.807, 2.05) is 4.90 Å². The topological polar surface area (TPSA) is 88.3 Å². The van der Waals surface area contributed by atoms with Crippen LogP contribution in [0, 0.1) is 23.6 Å². The van der Waals surface area contributed by atoms with Gasteiger partial charge in [-0.1, -0.05) is 0 Å². The Bertz CT molecular complexity index is 1050. The van der Waals surface area contributed by atoms with Gasteiger partial charge in [0.2, 0.25) is 5.28 Å². The minimum absolute atomic E-state index is 0.0558. The van der Waals surface area contributed by atoms with E-state index in [2.05, 4.69) is 25.4 Å². The fourth-order valence-electron chi connectivity index (χ4n) is 4.22. The van der Waals surface area contributed by atoms with Crippen LogP contribution in [-0.4, -0.2) is 50.1 Å². The largest absolute Gasteiger partial charge is 0.353 e. The molecule has 0 radical (unpaired) electrons. The normalized spacial score (nSPS) is 23.1.